The number of aliphatic hydroxyl groups excluding tert-OH is 2. The normalized spacial score (nSPS) is 23.2. The Morgan fingerprint density at radius 3 is 2.73 bits per heavy atom. The van der Waals surface area contributed by atoms with Gasteiger partial charge in [0, 0.05) is 31.3 Å². The molecule has 8 nitrogen and oxygen atoms in total. The van der Waals surface area contributed by atoms with E-state index in [0.717, 1.165) is 31.2 Å². The second-order valence-electron chi connectivity index (χ2n) is 8.57. The van der Waals surface area contributed by atoms with E-state index >= 15 is 0 Å². The Bertz CT molecular complexity index is 842. The minimum atomic E-state index is -0.991. The van der Waals surface area contributed by atoms with E-state index in [1.165, 1.54) is 0 Å². The molecular formula is C25H36N2O6. The summed E-state index contributed by atoms with van der Waals surface area (Å²) in [6.45, 7) is 2.84. The molecule has 0 aromatic heterocycles. The van der Waals surface area contributed by atoms with Crippen molar-refractivity contribution in [3.05, 3.63) is 41.5 Å². The Morgan fingerprint density at radius 1 is 1.21 bits per heavy atom. The summed E-state index contributed by atoms with van der Waals surface area (Å²) >= 11 is 0. The van der Waals surface area contributed by atoms with Gasteiger partial charge in [0.1, 0.15) is 18.0 Å². The van der Waals surface area contributed by atoms with Gasteiger partial charge in [-0.05, 0) is 18.6 Å². The third-order valence-corrected chi connectivity index (χ3v) is 6.33. The average Bonchev–Trinajstić information content (AvgIpc) is 3.22. The first-order valence-electron chi connectivity index (χ1n) is 11.9. The molecular weight excluding hydrogens is 424 g/mol. The molecule has 4 atom stereocenters. The minimum Gasteiger partial charge on any atom is -0.486 e. The molecule has 8 heteroatoms. The zero-order valence-electron chi connectivity index (χ0n) is 19.5. The number of nitrogens with zero attached hydrogens (tertiary/aromatic N) is 1. The summed E-state index contributed by atoms with van der Waals surface area (Å²) in [5, 5.41) is 23.3. The first-order chi connectivity index (χ1) is 16.0. The van der Waals surface area contributed by atoms with Gasteiger partial charge in [-0.1, -0.05) is 44.4 Å². The number of methoxy groups -OCH3 is 1. The van der Waals surface area contributed by atoms with Crippen LogP contribution in [0.1, 0.15) is 50.5 Å². The fraction of sp³-hybridized carbons (Fsp3) is 0.600. The van der Waals surface area contributed by atoms with Crippen molar-refractivity contribution in [2.45, 2.75) is 63.2 Å². The van der Waals surface area contributed by atoms with Gasteiger partial charge in [0.25, 0.3) is 0 Å². The highest BCUT2D eigenvalue weighted by Crippen LogP contribution is 2.47. The summed E-state index contributed by atoms with van der Waals surface area (Å²) < 4.78 is 11.2. The number of aliphatic hydroxyl groups is 2. The maximum absolute atomic E-state index is 13.1. The predicted octanol–water partition coefficient (Wildman–Crippen LogP) is 1.75. The number of ether oxygens (including phenoxy) is 2. The number of rotatable bonds is 12. The van der Waals surface area contributed by atoms with Crippen LogP contribution in [0.25, 0.3) is 0 Å². The molecule has 0 radical (unpaired) electrons. The van der Waals surface area contributed by atoms with E-state index in [2.05, 4.69) is 12.2 Å². The number of hydrogen-bond acceptors (Lipinski definition) is 6. The lowest BCUT2D eigenvalue weighted by Gasteiger charge is -2.41. The lowest BCUT2D eigenvalue weighted by Crippen LogP contribution is -2.56. The lowest BCUT2D eigenvalue weighted by atomic mass is 9.77. The van der Waals surface area contributed by atoms with E-state index in [9.17, 15) is 19.8 Å². The summed E-state index contributed by atoms with van der Waals surface area (Å²) in [6.07, 6.45) is 4.18. The Hall–Kier alpha value is -2.42. The summed E-state index contributed by atoms with van der Waals surface area (Å²) in [4.78, 5) is 27.8. The maximum atomic E-state index is 13.1. The van der Waals surface area contributed by atoms with Crippen molar-refractivity contribution >= 4 is 11.8 Å². The highest BCUT2D eigenvalue weighted by atomic mass is 16.5. The molecule has 0 saturated heterocycles. The number of benzene rings is 1. The van der Waals surface area contributed by atoms with Crippen LogP contribution in [0.2, 0.25) is 0 Å². The van der Waals surface area contributed by atoms with Gasteiger partial charge >= 0.3 is 0 Å². The summed E-state index contributed by atoms with van der Waals surface area (Å²) in [7, 11) is 1.55. The molecule has 1 aromatic rings. The average molecular weight is 461 g/mol. The number of fused-ring (bicyclic) bond motifs is 3. The highest BCUT2D eigenvalue weighted by Gasteiger charge is 2.50. The maximum Gasteiger partial charge on any atom is 0.247 e. The summed E-state index contributed by atoms with van der Waals surface area (Å²) in [6, 6.07) is 6.75. The number of unbranched alkanes of at least 4 members (excludes halogenated alkanes) is 3. The van der Waals surface area contributed by atoms with Gasteiger partial charge in [-0.2, -0.15) is 0 Å². The fourth-order valence-electron chi connectivity index (χ4n) is 4.67. The van der Waals surface area contributed by atoms with E-state index in [1.54, 1.807) is 18.1 Å². The Morgan fingerprint density at radius 2 is 2.00 bits per heavy atom. The quantitative estimate of drug-likeness (QED) is 0.410. The topological polar surface area (TPSA) is 108 Å². The van der Waals surface area contributed by atoms with Gasteiger partial charge in [0.05, 0.1) is 31.6 Å². The van der Waals surface area contributed by atoms with Gasteiger partial charge in [0.15, 0.2) is 0 Å². The number of carbonyl (C=O) groups is 2. The van der Waals surface area contributed by atoms with Crippen molar-refractivity contribution in [2.75, 3.05) is 33.4 Å². The molecule has 0 bridgehead atoms. The first-order valence-corrected chi connectivity index (χ1v) is 11.9. The van der Waals surface area contributed by atoms with Crippen molar-refractivity contribution in [1.29, 1.82) is 0 Å². The molecule has 1 aromatic carbocycles. The zero-order valence-corrected chi connectivity index (χ0v) is 19.5. The number of nitrogens with one attached hydrogen (secondary N) is 1. The van der Waals surface area contributed by atoms with Gasteiger partial charge in [-0.3, -0.25) is 9.59 Å². The van der Waals surface area contributed by atoms with E-state index < -0.39 is 24.2 Å². The summed E-state index contributed by atoms with van der Waals surface area (Å²) in [5.41, 5.74) is 1.29. The number of hydrogen-bond donors (Lipinski definition) is 3. The molecule has 1 aliphatic carbocycles. The molecule has 3 N–H and O–H groups in total. The van der Waals surface area contributed by atoms with E-state index in [4.69, 9.17) is 9.47 Å². The number of amides is 2. The molecule has 0 fully saturated rings. The van der Waals surface area contributed by atoms with E-state index in [0.29, 0.717) is 17.9 Å². The van der Waals surface area contributed by atoms with Crippen molar-refractivity contribution in [1.82, 2.24) is 10.2 Å². The van der Waals surface area contributed by atoms with E-state index in [-0.39, 0.29) is 38.0 Å². The van der Waals surface area contributed by atoms with Gasteiger partial charge in [-0.15, -0.1) is 0 Å². The van der Waals surface area contributed by atoms with Crippen LogP contribution < -0.4 is 10.1 Å². The molecule has 182 valence electrons. The largest absolute Gasteiger partial charge is 0.486 e. The first kappa shape index (κ1) is 25.2. The van der Waals surface area contributed by atoms with Crippen LogP contribution in [0.15, 0.2) is 35.9 Å². The standard InChI is InChI=1S/C25H36N2O6/c1-3-4-5-8-13-27(21(29)11-15-32-2)19-16-18(25(31)26-12-14-28)22-17-9-6-7-10-20(17)33-24(22)23(19)30/h6-7,9-10,16,19,22-24,28,30H,3-5,8,11-15H2,1-2H3,(H,26,31)/t19-,22+,23+,24+/m1/s1. The Balaban J connectivity index is 1.95. The van der Waals surface area contributed by atoms with Crippen LogP contribution in [0.4, 0.5) is 0 Å². The van der Waals surface area contributed by atoms with Gasteiger partial charge in [-0.25, -0.2) is 0 Å². The summed E-state index contributed by atoms with van der Waals surface area (Å²) in [5.74, 6) is -0.264. The molecule has 1 aliphatic heterocycles. The second kappa shape index (κ2) is 12.2. The third-order valence-electron chi connectivity index (χ3n) is 6.33. The number of carbonyl (C=O) groups excluding carboxylic acids is 2. The van der Waals surface area contributed by atoms with Crippen LogP contribution in [-0.2, 0) is 14.3 Å². The molecule has 0 saturated carbocycles. The lowest BCUT2D eigenvalue weighted by molar-refractivity contribution is -0.138. The van der Waals surface area contributed by atoms with Crippen LogP contribution in [0, 0.1) is 0 Å². The van der Waals surface area contributed by atoms with Crippen molar-refractivity contribution in [2.24, 2.45) is 0 Å². The van der Waals surface area contributed by atoms with Crippen LogP contribution in [0.5, 0.6) is 5.75 Å². The predicted molar refractivity (Wildman–Crippen MR) is 124 cm³/mol. The Labute approximate surface area is 195 Å². The van der Waals surface area contributed by atoms with E-state index in [1.807, 2.05) is 24.3 Å². The van der Waals surface area contributed by atoms with Crippen LogP contribution >= 0.6 is 0 Å². The van der Waals surface area contributed by atoms with Gasteiger partial charge in [0.2, 0.25) is 11.8 Å². The molecule has 2 amide bonds. The smallest absolute Gasteiger partial charge is 0.247 e. The fourth-order valence-corrected chi connectivity index (χ4v) is 4.67. The molecule has 1 heterocycles. The third kappa shape index (κ3) is 5.75. The molecule has 33 heavy (non-hydrogen) atoms. The molecule has 3 rings (SSSR count). The minimum absolute atomic E-state index is 0.122. The van der Waals surface area contributed by atoms with Crippen LogP contribution in [-0.4, -0.2) is 78.6 Å². The molecule has 0 unspecified atom stereocenters. The zero-order chi connectivity index (χ0) is 23.8. The molecule has 0 spiro atoms. The van der Waals surface area contributed by atoms with Gasteiger partial charge < -0.3 is 29.9 Å². The highest BCUT2D eigenvalue weighted by molar-refractivity contribution is 5.96. The molecule has 2 aliphatic rings. The van der Waals surface area contributed by atoms with Crippen molar-refractivity contribution in [3.63, 3.8) is 0 Å². The SMILES string of the molecule is CCCCCCN(C(=O)CCOC)[C@@H]1C=C(C(=O)NCCO)[C@@H]2c3ccccc3O[C@@H]2[C@H]1O. The van der Waals surface area contributed by atoms with Crippen LogP contribution in [0.3, 0.4) is 0 Å². The number of para-hydroxylation sites is 1. The Kier molecular flexibility index (Phi) is 9.29. The monoisotopic (exact) mass is 460 g/mol. The van der Waals surface area contributed by atoms with Crippen molar-refractivity contribution in [3.8, 4) is 5.75 Å². The second-order valence-corrected chi connectivity index (χ2v) is 8.57. The van der Waals surface area contributed by atoms with Crippen molar-refractivity contribution < 1.29 is 29.3 Å².